The van der Waals surface area contributed by atoms with Gasteiger partial charge < -0.3 is 10.0 Å². The number of benzene rings is 1. The molecule has 108 valence electrons. The molecule has 1 aromatic heterocycles. The van der Waals surface area contributed by atoms with Crippen LogP contribution in [-0.2, 0) is 12.0 Å². The summed E-state index contributed by atoms with van der Waals surface area (Å²) >= 11 is 1.40. The Morgan fingerprint density at radius 1 is 1.30 bits per heavy atom. The minimum absolute atomic E-state index is 0.0462. The first-order valence-electron chi connectivity index (χ1n) is 6.44. The van der Waals surface area contributed by atoms with Gasteiger partial charge in [0, 0.05) is 12.5 Å². The molecule has 0 aliphatic heterocycles. The van der Waals surface area contributed by atoms with Crippen LogP contribution in [0.25, 0.3) is 0 Å². The summed E-state index contributed by atoms with van der Waals surface area (Å²) in [6.45, 7) is 6.10. The molecule has 2 rings (SSSR count). The molecule has 2 aromatic rings. The van der Waals surface area contributed by atoms with Gasteiger partial charge in [0.2, 0.25) is 0 Å². The second-order valence-electron chi connectivity index (χ2n) is 5.69. The average molecular weight is 294 g/mol. The number of thiazole rings is 1. The number of anilines is 2. The molecule has 0 saturated carbocycles. The number of aromatic nitrogens is 1. The van der Waals surface area contributed by atoms with Crippen LogP contribution in [-0.4, -0.2) is 17.1 Å². The molecule has 0 radical (unpaired) electrons. The van der Waals surface area contributed by atoms with Crippen molar-refractivity contribution in [3.05, 3.63) is 40.7 Å². The van der Waals surface area contributed by atoms with Gasteiger partial charge in [-0.1, -0.05) is 44.2 Å². The Hall–Kier alpha value is -1.46. The lowest BCUT2D eigenvalue weighted by Crippen LogP contribution is -2.15. The molecule has 0 amide bonds. The van der Waals surface area contributed by atoms with Crippen LogP contribution in [0.15, 0.2) is 24.3 Å². The average Bonchev–Trinajstić information content (AvgIpc) is 2.82. The fourth-order valence-electron chi connectivity index (χ4n) is 2.00. The van der Waals surface area contributed by atoms with Crippen molar-refractivity contribution < 1.29 is 9.50 Å². The van der Waals surface area contributed by atoms with Crippen molar-refractivity contribution in [2.24, 2.45) is 0 Å². The van der Waals surface area contributed by atoms with E-state index in [0.717, 1.165) is 10.6 Å². The lowest BCUT2D eigenvalue weighted by Gasteiger charge is -2.18. The Balaban J connectivity index is 2.44. The topological polar surface area (TPSA) is 36.4 Å². The molecule has 5 heteroatoms. The molecule has 20 heavy (non-hydrogen) atoms. The number of rotatable bonds is 3. The zero-order chi connectivity index (χ0) is 14.9. The zero-order valence-electron chi connectivity index (χ0n) is 12.1. The highest BCUT2D eigenvalue weighted by molar-refractivity contribution is 7.15. The van der Waals surface area contributed by atoms with Gasteiger partial charge in [-0.05, 0) is 12.1 Å². The Morgan fingerprint density at radius 3 is 2.45 bits per heavy atom. The maximum Gasteiger partial charge on any atom is 0.190 e. The quantitative estimate of drug-likeness (QED) is 0.934. The number of hydrogen-bond donors (Lipinski definition) is 1. The first-order chi connectivity index (χ1) is 9.34. The van der Waals surface area contributed by atoms with E-state index in [9.17, 15) is 9.50 Å². The third-order valence-corrected chi connectivity index (χ3v) is 4.16. The number of aliphatic hydroxyl groups excluding tert-OH is 1. The number of aliphatic hydroxyl groups is 1. The molecule has 1 heterocycles. The predicted octanol–water partition coefficient (Wildman–Crippen LogP) is 3.84. The summed E-state index contributed by atoms with van der Waals surface area (Å²) in [5.41, 5.74) is 1.19. The minimum atomic E-state index is -0.284. The van der Waals surface area contributed by atoms with E-state index in [1.54, 1.807) is 30.1 Å². The van der Waals surface area contributed by atoms with Crippen LogP contribution in [0.1, 0.15) is 31.3 Å². The summed E-state index contributed by atoms with van der Waals surface area (Å²) in [5, 5.41) is 10.2. The van der Waals surface area contributed by atoms with Gasteiger partial charge >= 0.3 is 0 Å². The van der Waals surface area contributed by atoms with E-state index < -0.39 is 0 Å². The molecule has 1 N–H and O–H groups in total. The maximum absolute atomic E-state index is 13.8. The van der Waals surface area contributed by atoms with E-state index in [4.69, 9.17) is 0 Å². The van der Waals surface area contributed by atoms with E-state index >= 15 is 0 Å². The second-order valence-corrected chi connectivity index (χ2v) is 6.75. The zero-order valence-corrected chi connectivity index (χ0v) is 13.0. The van der Waals surface area contributed by atoms with Crippen LogP contribution < -0.4 is 4.90 Å². The van der Waals surface area contributed by atoms with Crippen molar-refractivity contribution in [1.82, 2.24) is 4.98 Å². The lowest BCUT2D eigenvalue weighted by atomic mass is 9.91. The summed E-state index contributed by atoms with van der Waals surface area (Å²) in [6, 6.07) is 6.59. The monoisotopic (exact) mass is 294 g/mol. The van der Waals surface area contributed by atoms with Gasteiger partial charge in [0.25, 0.3) is 0 Å². The van der Waals surface area contributed by atoms with Gasteiger partial charge in [0.05, 0.1) is 22.9 Å². The summed E-state index contributed by atoms with van der Waals surface area (Å²) in [5.74, 6) is -0.284. The molecular formula is C15H19FN2OS. The standard InChI is InChI=1S/C15H19FN2OS/c1-15(2,3)13-12(9-19)20-14(17-13)18(4)11-8-6-5-7-10(11)16/h5-8,19H,9H2,1-4H3. The fraction of sp³-hybridized carbons (Fsp3) is 0.400. The van der Waals surface area contributed by atoms with Crippen LogP contribution in [0.5, 0.6) is 0 Å². The van der Waals surface area contributed by atoms with Crippen molar-refractivity contribution in [3.8, 4) is 0 Å². The van der Waals surface area contributed by atoms with Crippen LogP contribution in [0.3, 0.4) is 0 Å². The molecule has 0 unspecified atom stereocenters. The Labute approximate surface area is 122 Å². The summed E-state index contributed by atoms with van der Waals surface area (Å²) in [6.07, 6.45) is 0. The fourth-order valence-corrected chi connectivity index (χ4v) is 3.11. The largest absolute Gasteiger partial charge is 0.391 e. The minimum Gasteiger partial charge on any atom is -0.391 e. The van der Waals surface area contributed by atoms with Crippen LogP contribution in [0.2, 0.25) is 0 Å². The van der Waals surface area contributed by atoms with Gasteiger partial charge in [-0.2, -0.15) is 0 Å². The normalized spacial score (nSPS) is 11.7. The molecule has 0 spiro atoms. The molecule has 1 aromatic carbocycles. The Bertz CT molecular complexity index is 604. The first kappa shape index (κ1) is 14.9. The van der Waals surface area contributed by atoms with Gasteiger partial charge in [0.15, 0.2) is 5.13 Å². The Morgan fingerprint density at radius 2 is 1.95 bits per heavy atom. The van der Waals surface area contributed by atoms with Gasteiger partial charge in [-0.3, -0.25) is 0 Å². The van der Waals surface area contributed by atoms with Crippen molar-refractivity contribution in [3.63, 3.8) is 0 Å². The molecule has 0 atom stereocenters. The van der Waals surface area contributed by atoms with Gasteiger partial charge in [0.1, 0.15) is 5.82 Å². The summed E-state index contributed by atoms with van der Waals surface area (Å²) in [4.78, 5) is 7.13. The first-order valence-corrected chi connectivity index (χ1v) is 7.25. The van der Waals surface area contributed by atoms with Crippen molar-refractivity contribution in [2.75, 3.05) is 11.9 Å². The SMILES string of the molecule is CN(c1nc(C(C)(C)C)c(CO)s1)c1ccccc1F. The van der Waals surface area contributed by atoms with Gasteiger partial charge in [-0.25, -0.2) is 9.37 Å². The molecule has 0 fully saturated rings. The van der Waals surface area contributed by atoms with Crippen molar-refractivity contribution in [2.45, 2.75) is 32.8 Å². The Kier molecular flexibility index (Phi) is 4.11. The molecule has 0 saturated heterocycles. The molecule has 0 bridgehead atoms. The number of nitrogens with zero attached hydrogens (tertiary/aromatic N) is 2. The third kappa shape index (κ3) is 2.83. The van der Waals surface area contributed by atoms with E-state index in [0.29, 0.717) is 10.8 Å². The van der Waals surface area contributed by atoms with E-state index in [1.165, 1.54) is 17.4 Å². The molecule has 0 aliphatic carbocycles. The van der Waals surface area contributed by atoms with Gasteiger partial charge in [-0.15, -0.1) is 0 Å². The van der Waals surface area contributed by atoms with Crippen LogP contribution >= 0.6 is 11.3 Å². The van der Waals surface area contributed by atoms with Crippen molar-refractivity contribution in [1.29, 1.82) is 0 Å². The smallest absolute Gasteiger partial charge is 0.190 e. The highest BCUT2D eigenvalue weighted by atomic mass is 32.1. The highest BCUT2D eigenvalue weighted by Crippen LogP contribution is 2.36. The summed E-state index contributed by atoms with van der Waals surface area (Å²) < 4.78 is 13.8. The van der Waals surface area contributed by atoms with Crippen LogP contribution in [0.4, 0.5) is 15.2 Å². The molecule has 3 nitrogen and oxygen atoms in total. The van der Waals surface area contributed by atoms with Crippen molar-refractivity contribution >= 4 is 22.2 Å². The number of hydrogen-bond acceptors (Lipinski definition) is 4. The van der Waals surface area contributed by atoms with E-state index in [1.807, 2.05) is 20.8 Å². The predicted molar refractivity (Wildman–Crippen MR) is 81.2 cm³/mol. The number of halogens is 1. The third-order valence-electron chi connectivity index (χ3n) is 3.04. The number of para-hydroxylation sites is 1. The van der Waals surface area contributed by atoms with E-state index in [-0.39, 0.29) is 17.8 Å². The van der Waals surface area contributed by atoms with Crippen LogP contribution in [0, 0.1) is 5.82 Å². The summed E-state index contributed by atoms with van der Waals surface area (Å²) in [7, 11) is 1.78. The second kappa shape index (κ2) is 5.50. The molecule has 0 aliphatic rings. The van der Waals surface area contributed by atoms with E-state index in [2.05, 4.69) is 4.98 Å². The molecular weight excluding hydrogens is 275 g/mol. The highest BCUT2D eigenvalue weighted by Gasteiger charge is 2.24. The maximum atomic E-state index is 13.8. The lowest BCUT2D eigenvalue weighted by molar-refractivity contribution is 0.282.